The van der Waals surface area contributed by atoms with Crippen molar-refractivity contribution in [2.45, 2.75) is 64.9 Å². The van der Waals surface area contributed by atoms with Crippen LogP contribution in [0.1, 0.15) is 59.3 Å². The average Bonchev–Trinajstić information content (AvgIpc) is 2.52. The van der Waals surface area contributed by atoms with Crippen molar-refractivity contribution in [1.29, 1.82) is 0 Å². The van der Waals surface area contributed by atoms with Gasteiger partial charge in [-0.15, -0.1) is 0 Å². The molecule has 0 unspecified atom stereocenters. The van der Waals surface area contributed by atoms with E-state index in [9.17, 15) is 9.59 Å². The Morgan fingerprint density at radius 3 is 2.35 bits per heavy atom. The number of nitrogens with one attached hydrogen (secondary N) is 2. The number of rotatable bonds is 9. The van der Waals surface area contributed by atoms with Gasteiger partial charge in [-0.1, -0.05) is 19.3 Å². The van der Waals surface area contributed by atoms with Gasteiger partial charge in [-0.3, -0.25) is 10.6 Å². The summed E-state index contributed by atoms with van der Waals surface area (Å²) in [6.07, 6.45) is 5.19. The van der Waals surface area contributed by atoms with Crippen LogP contribution >= 0.6 is 0 Å². The molecule has 1 aliphatic carbocycles. The van der Waals surface area contributed by atoms with Crippen molar-refractivity contribution < 1.29 is 14.3 Å². The fourth-order valence-electron chi connectivity index (χ4n) is 3.31. The van der Waals surface area contributed by atoms with Gasteiger partial charge in [0.1, 0.15) is 5.60 Å². The highest BCUT2D eigenvalue weighted by atomic mass is 16.6. The van der Waals surface area contributed by atoms with Gasteiger partial charge in [0.2, 0.25) is 5.91 Å². The van der Waals surface area contributed by atoms with E-state index < -0.39 is 11.7 Å². The Bertz CT molecular complexity index is 445. The quantitative estimate of drug-likeness (QED) is 0.356. The molecule has 0 radical (unpaired) electrons. The number of amides is 2. The molecule has 0 bridgehead atoms. The van der Waals surface area contributed by atoms with Crippen LogP contribution in [0, 0.1) is 5.41 Å². The maximum absolute atomic E-state index is 12.4. The average molecular weight is 372 g/mol. The van der Waals surface area contributed by atoms with E-state index in [-0.39, 0.29) is 11.3 Å². The maximum atomic E-state index is 12.4. The molecule has 0 aromatic rings. The Kier molecular flexibility index (Phi) is 9.32. The number of carbonyl (C=O) groups excluding carboxylic acids is 2. The van der Waals surface area contributed by atoms with Crippen LogP contribution in [0.15, 0.2) is 0 Å². The number of hydrogen-bond donors (Lipinski definition) is 4. The minimum absolute atomic E-state index is 0.000891. The lowest BCUT2D eigenvalue weighted by molar-refractivity contribution is -0.124. The summed E-state index contributed by atoms with van der Waals surface area (Å²) in [7, 11) is 0. The van der Waals surface area contributed by atoms with Gasteiger partial charge >= 0.3 is 6.09 Å². The molecule has 0 spiro atoms. The third kappa shape index (κ3) is 9.35. The summed E-state index contributed by atoms with van der Waals surface area (Å²) in [6, 6.07) is 0. The van der Waals surface area contributed by atoms with Gasteiger partial charge in [-0.25, -0.2) is 9.80 Å². The van der Waals surface area contributed by atoms with Gasteiger partial charge in [0.05, 0.1) is 0 Å². The molecular formula is C18H37N5O3. The molecule has 8 nitrogen and oxygen atoms in total. The fraction of sp³-hybridized carbons (Fsp3) is 0.889. The Morgan fingerprint density at radius 2 is 1.77 bits per heavy atom. The largest absolute Gasteiger partial charge is 0.444 e. The number of hydrogen-bond acceptors (Lipinski definition) is 6. The normalized spacial score (nSPS) is 17.0. The zero-order valence-electron chi connectivity index (χ0n) is 16.6. The number of hydrazine groups is 1. The molecule has 8 heteroatoms. The maximum Gasteiger partial charge on any atom is 0.407 e. The first-order valence-electron chi connectivity index (χ1n) is 9.59. The predicted octanol–water partition coefficient (Wildman–Crippen LogP) is 1.10. The van der Waals surface area contributed by atoms with E-state index >= 15 is 0 Å². The summed E-state index contributed by atoms with van der Waals surface area (Å²) in [5.41, 5.74) is 4.72. The van der Waals surface area contributed by atoms with Crippen LogP contribution in [0.25, 0.3) is 0 Å². The zero-order chi connectivity index (χ0) is 19.6. The van der Waals surface area contributed by atoms with Crippen molar-refractivity contribution in [3.63, 3.8) is 0 Å². The van der Waals surface area contributed by atoms with E-state index in [1.807, 2.05) is 20.8 Å². The fourth-order valence-corrected chi connectivity index (χ4v) is 3.31. The second-order valence-corrected chi connectivity index (χ2v) is 8.27. The molecule has 1 rings (SSSR count). The number of ether oxygens (including phenoxy) is 1. The molecule has 26 heavy (non-hydrogen) atoms. The molecule has 0 aliphatic heterocycles. The third-order valence-electron chi connectivity index (χ3n) is 4.59. The number of nitrogens with zero attached hydrogens (tertiary/aromatic N) is 1. The summed E-state index contributed by atoms with van der Waals surface area (Å²) in [5.74, 6) is 5.75. The van der Waals surface area contributed by atoms with Crippen molar-refractivity contribution in [3.8, 4) is 0 Å². The lowest BCUT2D eigenvalue weighted by Crippen LogP contribution is -2.45. The SMILES string of the molecule is CC(C)(C)OC(=O)NCC1(CC(=O)NCCN(N)CCN)CCCCC1. The van der Waals surface area contributed by atoms with Crippen LogP contribution in [0.5, 0.6) is 0 Å². The first-order valence-corrected chi connectivity index (χ1v) is 9.59. The first-order chi connectivity index (χ1) is 12.2. The molecule has 152 valence electrons. The van der Waals surface area contributed by atoms with Crippen molar-refractivity contribution in [2.24, 2.45) is 17.0 Å². The van der Waals surface area contributed by atoms with Gasteiger partial charge in [-0.2, -0.15) is 0 Å². The summed E-state index contributed by atoms with van der Waals surface area (Å²) < 4.78 is 5.31. The van der Waals surface area contributed by atoms with E-state index in [4.69, 9.17) is 16.3 Å². The number of carbonyl (C=O) groups is 2. The lowest BCUT2D eigenvalue weighted by Gasteiger charge is -2.37. The summed E-state index contributed by atoms with van der Waals surface area (Å²) in [4.78, 5) is 24.4. The standard InChI is InChI=1S/C18H37N5O3/c1-17(2,3)26-16(25)22-14-18(7-5-4-6-8-18)13-15(24)21-10-12-23(20)11-9-19/h4-14,19-20H2,1-3H3,(H,21,24)(H,22,25). The van der Waals surface area contributed by atoms with Crippen molar-refractivity contribution >= 4 is 12.0 Å². The number of alkyl carbamates (subject to hydrolysis) is 1. The lowest BCUT2D eigenvalue weighted by atomic mass is 9.71. The predicted molar refractivity (Wildman–Crippen MR) is 102 cm³/mol. The Morgan fingerprint density at radius 1 is 1.12 bits per heavy atom. The highest BCUT2D eigenvalue weighted by Crippen LogP contribution is 2.38. The Balaban J connectivity index is 2.49. The molecular weight excluding hydrogens is 334 g/mol. The van der Waals surface area contributed by atoms with E-state index in [0.717, 1.165) is 25.7 Å². The summed E-state index contributed by atoms with van der Waals surface area (Å²) in [6.45, 7) is 8.11. The van der Waals surface area contributed by atoms with Crippen molar-refractivity contribution in [2.75, 3.05) is 32.7 Å². The molecule has 2 amide bonds. The molecule has 1 saturated carbocycles. The highest BCUT2D eigenvalue weighted by molar-refractivity contribution is 5.77. The van der Waals surface area contributed by atoms with Crippen LogP contribution in [0.2, 0.25) is 0 Å². The molecule has 0 aromatic carbocycles. The molecule has 1 fully saturated rings. The van der Waals surface area contributed by atoms with E-state index in [1.54, 1.807) is 5.01 Å². The van der Waals surface area contributed by atoms with Gasteiger partial charge in [0.15, 0.2) is 0 Å². The summed E-state index contributed by atoms with van der Waals surface area (Å²) in [5, 5.41) is 7.39. The van der Waals surface area contributed by atoms with Crippen LogP contribution in [0.4, 0.5) is 4.79 Å². The zero-order valence-corrected chi connectivity index (χ0v) is 16.6. The minimum atomic E-state index is -0.529. The molecule has 0 aromatic heterocycles. The van der Waals surface area contributed by atoms with Crippen LogP contribution in [-0.2, 0) is 9.53 Å². The highest BCUT2D eigenvalue weighted by Gasteiger charge is 2.35. The summed E-state index contributed by atoms with van der Waals surface area (Å²) >= 11 is 0. The van der Waals surface area contributed by atoms with Crippen LogP contribution < -0.4 is 22.2 Å². The van der Waals surface area contributed by atoms with Gasteiger partial charge in [0.25, 0.3) is 0 Å². The van der Waals surface area contributed by atoms with Gasteiger partial charge in [-0.05, 0) is 39.0 Å². The smallest absolute Gasteiger partial charge is 0.407 e. The topological polar surface area (TPSA) is 123 Å². The number of nitrogens with two attached hydrogens (primary N) is 2. The monoisotopic (exact) mass is 371 g/mol. The van der Waals surface area contributed by atoms with Crippen LogP contribution in [0.3, 0.4) is 0 Å². The first kappa shape index (κ1) is 22.7. The van der Waals surface area contributed by atoms with Crippen molar-refractivity contribution in [1.82, 2.24) is 15.6 Å². The molecule has 1 aliphatic rings. The van der Waals surface area contributed by atoms with Gasteiger partial charge < -0.3 is 21.1 Å². The second-order valence-electron chi connectivity index (χ2n) is 8.27. The molecule has 0 saturated heterocycles. The molecule has 6 N–H and O–H groups in total. The van der Waals surface area contributed by atoms with E-state index in [1.165, 1.54) is 6.42 Å². The van der Waals surface area contributed by atoms with Crippen LogP contribution in [-0.4, -0.2) is 55.3 Å². The Labute approximate surface area is 157 Å². The molecule has 0 heterocycles. The van der Waals surface area contributed by atoms with E-state index in [2.05, 4.69) is 10.6 Å². The third-order valence-corrected chi connectivity index (χ3v) is 4.59. The Hall–Kier alpha value is -1.38. The van der Waals surface area contributed by atoms with E-state index in [0.29, 0.717) is 39.1 Å². The van der Waals surface area contributed by atoms with Gasteiger partial charge in [0, 0.05) is 39.1 Å². The minimum Gasteiger partial charge on any atom is -0.444 e. The second kappa shape index (κ2) is 10.7. The van der Waals surface area contributed by atoms with Crippen molar-refractivity contribution in [3.05, 3.63) is 0 Å². The molecule has 0 atom stereocenters.